The van der Waals surface area contributed by atoms with E-state index >= 15 is 0 Å². The first-order valence-electron chi connectivity index (χ1n) is 4.75. The highest BCUT2D eigenvalue weighted by atomic mass is 16.6. The number of likely N-dealkylation sites (N-methyl/N-ethyl adjacent to an activating group) is 1. The molecule has 1 rings (SSSR count). The zero-order chi connectivity index (χ0) is 13.0. The molecule has 0 radical (unpaired) electrons. The van der Waals surface area contributed by atoms with Gasteiger partial charge in [0.15, 0.2) is 0 Å². The maximum atomic E-state index is 10.9. The van der Waals surface area contributed by atoms with Crippen molar-refractivity contribution in [2.75, 3.05) is 23.7 Å². The lowest BCUT2D eigenvalue weighted by Crippen LogP contribution is -2.34. The van der Waals surface area contributed by atoms with Crippen molar-refractivity contribution in [3.05, 3.63) is 16.4 Å². The molecule has 1 amide bonds. The Hall–Kier alpha value is -2.45. The van der Waals surface area contributed by atoms with Crippen LogP contribution in [0.15, 0.2) is 6.33 Å². The molecule has 0 saturated carbocycles. The average Bonchev–Trinajstić information content (AvgIpc) is 2.24. The molecule has 0 aromatic carbocycles. The molecule has 0 saturated heterocycles. The molecule has 0 aliphatic rings. The number of nitrogen functional groups attached to an aromatic ring is 1. The van der Waals surface area contributed by atoms with Crippen LogP contribution in [0.1, 0.15) is 6.92 Å². The number of nitrogens with two attached hydrogens (primary N) is 2. The molecule has 0 bridgehead atoms. The van der Waals surface area contributed by atoms with Crippen molar-refractivity contribution >= 4 is 23.2 Å². The van der Waals surface area contributed by atoms with Crippen molar-refractivity contribution in [1.29, 1.82) is 0 Å². The SMILES string of the molecule is CCN(CC(N)=O)c1ncnc(N)c1[N+](=O)[O-]. The number of nitro groups is 1. The predicted molar refractivity (Wildman–Crippen MR) is 60.2 cm³/mol. The number of amides is 1. The number of aromatic nitrogens is 2. The minimum atomic E-state index is -0.686. The zero-order valence-corrected chi connectivity index (χ0v) is 9.16. The molecule has 92 valence electrons. The van der Waals surface area contributed by atoms with Gasteiger partial charge in [0.05, 0.1) is 11.5 Å². The normalized spacial score (nSPS) is 9.94. The van der Waals surface area contributed by atoms with Gasteiger partial charge in [-0.2, -0.15) is 0 Å². The van der Waals surface area contributed by atoms with Crippen LogP contribution in [-0.2, 0) is 4.79 Å². The van der Waals surface area contributed by atoms with E-state index in [1.807, 2.05) is 0 Å². The summed E-state index contributed by atoms with van der Waals surface area (Å²) >= 11 is 0. The Bertz CT molecular complexity index is 449. The number of hydrogen-bond donors (Lipinski definition) is 2. The number of carbonyl (C=O) groups is 1. The summed E-state index contributed by atoms with van der Waals surface area (Å²) in [5.41, 5.74) is 10.0. The quantitative estimate of drug-likeness (QED) is 0.510. The van der Waals surface area contributed by atoms with Gasteiger partial charge in [-0.1, -0.05) is 0 Å². The number of carbonyl (C=O) groups excluding carboxylic acids is 1. The molecular weight excluding hydrogens is 228 g/mol. The van der Waals surface area contributed by atoms with Crippen molar-refractivity contribution in [3.8, 4) is 0 Å². The Morgan fingerprint density at radius 2 is 2.24 bits per heavy atom. The number of anilines is 2. The summed E-state index contributed by atoms with van der Waals surface area (Å²) in [6, 6.07) is 0. The molecule has 0 fully saturated rings. The highest BCUT2D eigenvalue weighted by Gasteiger charge is 2.25. The lowest BCUT2D eigenvalue weighted by atomic mass is 10.3. The van der Waals surface area contributed by atoms with Gasteiger partial charge in [-0.3, -0.25) is 14.9 Å². The second kappa shape index (κ2) is 5.05. The van der Waals surface area contributed by atoms with Crippen LogP contribution in [0.3, 0.4) is 0 Å². The van der Waals surface area contributed by atoms with Crippen molar-refractivity contribution in [3.63, 3.8) is 0 Å². The molecule has 1 aromatic heterocycles. The molecule has 17 heavy (non-hydrogen) atoms. The molecule has 0 unspecified atom stereocenters. The predicted octanol–water partition coefficient (Wildman–Crippen LogP) is -0.721. The lowest BCUT2D eigenvalue weighted by Gasteiger charge is -2.19. The monoisotopic (exact) mass is 240 g/mol. The number of rotatable bonds is 5. The van der Waals surface area contributed by atoms with Crippen molar-refractivity contribution < 1.29 is 9.72 Å². The van der Waals surface area contributed by atoms with Crippen molar-refractivity contribution in [1.82, 2.24) is 9.97 Å². The standard InChI is InChI=1S/C8H12N6O3/c1-2-13(3-5(9)15)8-6(14(16)17)7(10)11-4-12-8/h4H,2-3H2,1H3,(H2,9,15)(H2,10,11,12). The van der Waals surface area contributed by atoms with E-state index in [2.05, 4.69) is 9.97 Å². The van der Waals surface area contributed by atoms with Crippen LogP contribution in [0.4, 0.5) is 17.3 Å². The molecule has 0 aliphatic heterocycles. The van der Waals surface area contributed by atoms with Crippen LogP contribution >= 0.6 is 0 Å². The molecule has 1 aromatic rings. The maximum Gasteiger partial charge on any atom is 0.353 e. The smallest absolute Gasteiger partial charge is 0.353 e. The summed E-state index contributed by atoms with van der Waals surface area (Å²) in [5, 5.41) is 10.9. The van der Waals surface area contributed by atoms with Gasteiger partial charge in [-0.25, -0.2) is 9.97 Å². The van der Waals surface area contributed by atoms with Crippen LogP contribution < -0.4 is 16.4 Å². The topological polar surface area (TPSA) is 141 Å². The second-order valence-electron chi connectivity index (χ2n) is 3.17. The van der Waals surface area contributed by atoms with E-state index < -0.39 is 16.5 Å². The molecule has 0 aliphatic carbocycles. The average molecular weight is 240 g/mol. The number of hydrogen-bond acceptors (Lipinski definition) is 7. The maximum absolute atomic E-state index is 10.9. The summed E-state index contributed by atoms with van der Waals surface area (Å²) < 4.78 is 0. The van der Waals surface area contributed by atoms with E-state index in [0.29, 0.717) is 6.54 Å². The van der Waals surface area contributed by atoms with Crippen molar-refractivity contribution in [2.24, 2.45) is 5.73 Å². The fourth-order valence-corrected chi connectivity index (χ4v) is 1.31. The summed E-state index contributed by atoms with van der Waals surface area (Å²) in [6.07, 6.45) is 1.10. The van der Waals surface area contributed by atoms with Gasteiger partial charge in [0.25, 0.3) is 0 Å². The number of nitrogens with zero attached hydrogens (tertiary/aromatic N) is 4. The molecule has 9 nitrogen and oxygen atoms in total. The minimum absolute atomic E-state index is 0.0104. The molecule has 0 spiro atoms. The molecular formula is C8H12N6O3. The third-order valence-corrected chi connectivity index (χ3v) is 2.04. The van der Waals surface area contributed by atoms with Gasteiger partial charge < -0.3 is 16.4 Å². The van der Waals surface area contributed by atoms with Gasteiger partial charge in [0.2, 0.25) is 17.5 Å². The van der Waals surface area contributed by atoms with Crippen LogP contribution in [0.25, 0.3) is 0 Å². The van der Waals surface area contributed by atoms with Gasteiger partial charge in [-0.15, -0.1) is 0 Å². The number of primary amides is 1. The van der Waals surface area contributed by atoms with Crippen LogP contribution in [0, 0.1) is 10.1 Å². The Balaban J connectivity index is 3.23. The third kappa shape index (κ3) is 2.77. The Morgan fingerprint density at radius 3 is 2.71 bits per heavy atom. The fourth-order valence-electron chi connectivity index (χ4n) is 1.31. The third-order valence-electron chi connectivity index (χ3n) is 2.04. The lowest BCUT2D eigenvalue weighted by molar-refractivity contribution is -0.383. The van der Waals surface area contributed by atoms with E-state index in [1.54, 1.807) is 6.92 Å². The van der Waals surface area contributed by atoms with Gasteiger partial charge >= 0.3 is 5.69 Å². The summed E-state index contributed by atoms with van der Waals surface area (Å²) in [5.74, 6) is -0.870. The van der Waals surface area contributed by atoms with Crippen LogP contribution in [0.2, 0.25) is 0 Å². The largest absolute Gasteiger partial charge is 0.378 e. The van der Waals surface area contributed by atoms with E-state index in [1.165, 1.54) is 4.90 Å². The first-order chi connectivity index (χ1) is 7.97. The van der Waals surface area contributed by atoms with Crippen molar-refractivity contribution in [2.45, 2.75) is 6.92 Å². The second-order valence-corrected chi connectivity index (χ2v) is 3.17. The van der Waals surface area contributed by atoms with E-state index in [-0.39, 0.29) is 18.2 Å². The van der Waals surface area contributed by atoms with Gasteiger partial charge in [0.1, 0.15) is 6.33 Å². The Morgan fingerprint density at radius 1 is 1.59 bits per heavy atom. The molecule has 9 heteroatoms. The molecule has 0 atom stereocenters. The summed E-state index contributed by atoms with van der Waals surface area (Å²) in [4.78, 5) is 29.7. The first kappa shape index (κ1) is 12.6. The summed E-state index contributed by atoms with van der Waals surface area (Å²) in [7, 11) is 0. The minimum Gasteiger partial charge on any atom is -0.378 e. The Kier molecular flexibility index (Phi) is 3.75. The molecule has 4 N–H and O–H groups in total. The van der Waals surface area contributed by atoms with Crippen LogP contribution in [-0.4, -0.2) is 33.9 Å². The first-order valence-corrected chi connectivity index (χ1v) is 4.75. The highest BCUT2D eigenvalue weighted by Crippen LogP contribution is 2.29. The van der Waals surface area contributed by atoms with Gasteiger partial charge in [0, 0.05) is 6.54 Å². The van der Waals surface area contributed by atoms with E-state index in [0.717, 1.165) is 6.33 Å². The zero-order valence-electron chi connectivity index (χ0n) is 9.16. The van der Waals surface area contributed by atoms with E-state index in [9.17, 15) is 14.9 Å². The van der Waals surface area contributed by atoms with Gasteiger partial charge in [-0.05, 0) is 6.92 Å². The van der Waals surface area contributed by atoms with Crippen LogP contribution in [0.5, 0.6) is 0 Å². The summed E-state index contributed by atoms with van der Waals surface area (Å²) in [6.45, 7) is 1.87. The van der Waals surface area contributed by atoms with E-state index in [4.69, 9.17) is 11.5 Å². The molecule has 1 heterocycles. The highest BCUT2D eigenvalue weighted by molar-refractivity contribution is 5.81. The Labute approximate surface area is 96.6 Å². The fraction of sp³-hybridized carbons (Fsp3) is 0.375.